The molecule has 4 nitrogen and oxygen atoms in total. The zero-order valence-electron chi connectivity index (χ0n) is 14.5. The highest BCUT2D eigenvalue weighted by Crippen LogP contribution is 2.42. The van der Waals surface area contributed by atoms with Crippen LogP contribution < -0.4 is 10.2 Å². The third kappa shape index (κ3) is 4.04. The zero-order chi connectivity index (χ0) is 17.8. The normalized spacial score (nSPS) is 17.0. The third-order valence-electron chi connectivity index (χ3n) is 4.10. The molecule has 1 fully saturated rings. The van der Waals surface area contributed by atoms with Gasteiger partial charge in [-0.05, 0) is 48.7 Å². The van der Waals surface area contributed by atoms with Crippen LogP contribution in [0.1, 0.15) is 36.3 Å². The molecule has 130 valence electrons. The lowest BCUT2D eigenvalue weighted by Gasteiger charge is -2.25. The van der Waals surface area contributed by atoms with Gasteiger partial charge in [-0.3, -0.25) is 14.5 Å². The van der Waals surface area contributed by atoms with Crippen molar-refractivity contribution in [3.63, 3.8) is 0 Å². The first kappa shape index (κ1) is 17.5. The molecule has 1 atom stereocenters. The van der Waals surface area contributed by atoms with Crippen molar-refractivity contribution in [2.24, 2.45) is 0 Å². The maximum absolute atomic E-state index is 12.4. The lowest BCUT2D eigenvalue weighted by Crippen LogP contribution is -2.27. The van der Waals surface area contributed by atoms with Gasteiger partial charge in [0.2, 0.25) is 11.8 Å². The lowest BCUT2D eigenvalue weighted by atomic mass is 10.1. The number of rotatable bonds is 5. The topological polar surface area (TPSA) is 49.4 Å². The Morgan fingerprint density at radius 3 is 2.68 bits per heavy atom. The van der Waals surface area contributed by atoms with E-state index in [4.69, 9.17) is 0 Å². The highest BCUT2D eigenvalue weighted by atomic mass is 32.2. The summed E-state index contributed by atoms with van der Waals surface area (Å²) in [6.07, 6.45) is 1.35. The van der Waals surface area contributed by atoms with Crippen molar-refractivity contribution in [1.82, 2.24) is 0 Å². The van der Waals surface area contributed by atoms with Crippen molar-refractivity contribution in [3.05, 3.63) is 59.7 Å². The van der Waals surface area contributed by atoms with E-state index in [-0.39, 0.29) is 17.2 Å². The molecule has 1 saturated heterocycles. The van der Waals surface area contributed by atoms with E-state index in [9.17, 15) is 9.59 Å². The molecule has 2 amide bonds. The Labute approximate surface area is 152 Å². The molecule has 0 aliphatic carbocycles. The fourth-order valence-electron chi connectivity index (χ4n) is 2.91. The summed E-state index contributed by atoms with van der Waals surface area (Å²) in [6, 6.07) is 15.8. The number of aryl methyl sites for hydroxylation is 1. The van der Waals surface area contributed by atoms with E-state index in [0.717, 1.165) is 28.9 Å². The number of anilines is 2. The second kappa shape index (κ2) is 7.74. The summed E-state index contributed by atoms with van der Waals surface area (Å²) in [5, 5.41) is 2.86. The van der Waals surface area contributed by atoms with Gasteiger partial charge in [0.25, 0.3) is 0 Å². The van der Waals surface area contributed by atoms with Gasteiger partial charge in [0, 0.05) is 17.8 Å². The van der Waals surface area contributed by atoms with Gasteiger partial charge in [0.1, 0.15) is 5.37 Å². The molecule has 0 saturated carbocycles. The van der Waals surface area contributed by atoms with Gasteiger partial charge in [-0.15, -0.1) is 11.8 Å². The molecule has 1 N–H and O–H groups in total. The molecule has 1 heterocycles. The molecular formula is C20H22N2O2S. The summed E-state index contributed by atoms with van der Waals surface area (Å²) >= 11 is 1.63. The van der Waals surface area contributed by atoms with E-state index in [0.29, 0.717) is 12.2 Å². The first-order valence-electron chi connectivity index (χ1n) is 8.48. The Balaban J connectivity index is 1.80. The second-order valence-corrected chi connectivity index (χ2v) is 7.25. The number of amides is 2. The Kier molecular flexibility index (Phi) is 5.43. The smallest absolute Gasteiger partial charge is 0.238 e. The monoisotopic (exact) mass is 354 g/mol. The van der Waals surface area contributed by atoms with Gasteiger partial charge in [-0.2, -0.15) is 0 Å². The Hall–Kier alpha value is -2.27. The van der Waals surface area contributed by atoms with Crippen LogP contribution in [0.3, 0.4) is 0 Å². The predicted molar refractivity (Wildman–Crippen MR) is 104 cm³/mol. The SMILES string of the molecule is CCCC(=O)Nc1ccc([C@@H]2SCC(=O)N2c2cccc(C)c2)cc1. The number of thioether (sulfide) groups is 1. The van der Waals surface area contributed by atoms with E-state index >= 15 is 0 Å². The Morgan fingerprint density at radius 1 is 1.24 bits per heavy atom. The number of hydrogen-bond acceptors (Lipinski definition) is 3. The zero-order valence-corrected chi connectivity index (χ0v) is 15.3. The van der Waals surface area contributed by atoms with Gasteiger partial charge in [-0.1, -0.05) is 31.2 Å². The number of nitrogens with one attached hydrogen (secondary N) is 1. The Bertz CT molecular complexity index is 774. The van der Waals surface area contributed by atoms with Gasteiger partial charge < -0.3 is 5.32 Å². The third-order valence-corrected chi connectivity index (χ3v) is 5.32. The maximum atomic E-state index is 12.4. The molecule has 0 unspecified atom stereocenters. The average Bonchev–Trinajstić information content (AvgIpc) is 2.97. The van der Waals surface area contributed by atoms with Crippen LogP contribution in [0, 0.1) is 6.92 Å². The standard InChI is InChI=1S/C20H22N2O2S/c1-3-5-18(23)21-16-10-8-15(9-11-16)20-22(19(24)13-25-20)17-7-4-6-14(2)12-17/h4,6-12,20H,3,5,13H2,1-2H3,(H,21,23)/t20-/m0/s1. The molecule has 0 radical (unpaired) electrons. The average molecular weight is 354 g/mol. The van der Waals surface area contributed by atoms with E-state index in [1.165, 1.54) is 0 Å². The van der Waals surface area contributed by atoms with Crippen molar-refractivity contribution in [3.8, 4) is 0 Å². The van der Waals surface area contributed by atoms with E-state index < -0.39 is 0 Å². The first-order valence-corrected chi connectivity index (χ1v) is 9.53. The number of benzene rings is 2. The van der Waals surface area contributed by atoms with Crippen LogP contribution in [0.15, 0.2) is 48.5 Å². The minimum Gasteiger partial charge on any atom is -0.326 e. The quantitative estimate of drug-likeness (QED) is 0.859. The van der Waals surface area contributed by atoms with Gasteiger partial charge >= 0.3 is 0 Å². The maximum Gasteiger partial charge on any atom is 0.238 e. The first-order chi connectivity index (χ1) is 12.1. The number of nitrogens with zero attached hydrogens (tertiary/aromatic N) is 1. The molecule has 1 aliphatic rings. The van der Waals surface area contributed by atoms with Gasteiger partial charge in [0.15, 0.2) is 0 Å². The van der Waals surface area contributed by atoms with Crippen molar-refractivity contribution < 1.29 is 9.59 Å². The van der Waals surface area contributed by atoms with Crippen LogP contribution in [0.25, 0.3) is 0 Å². The molecule has 1 aliphatic heterocycles. The summed E-state index contributed by atoms with van der Waals surface area (Å²) in [5.74, 6) is 0.635. The van der Waals surface area contributed by atoms with Crippen LogP contribution in [0.2, 0.25) is 0 Å². The molecular weight excluding hydrogens is 332 g/mol. The summed E-state index contributed by atoms with van der Waals surface area (Å²) < 4.78 is 0. The summed E-state index contributed by atoms with van der Waals surface area (Å²) in [7, 11) is 0. The lowest BCUT2D eigenvalue weighted by molar-refractivity contribution is -0.116. The van der Waals surface area contributed by atoms with Crippen molar-refractivity contribution in [1.29, 1.82) is 0 Å². The summed E-state index contributed by atoms with van der Waals surface area (Å²) in [4.78, 5) is 26.0. The van der Waals surface area contributed by atoms with Crippen molar-refractivity contribution in [2.45, 2.75) is 32.1 Å². The van der Waals surface area contributed by atoms with Crippen LogP contribution in [-0.4, -0.2) is 17.6 Å². The van der Waals surface area contributed by atoms with Crippen LogP contribution in [0.4, 0.5) is 11.4 Å². The summed E-state index contributed by atoms with van der Waals surface area (Å²) in [6.45, 7) is 4.01. The molecule has 2 aromatic rings. The molecule has 3 rings (SSSR count). The molecule has 0 bridgehead atoms. The summed E-state index contributed by atoms with van der Waals surface area (Å²) in [5.41, 5.74) is 3.92. The van der Waals surface area contributed by atoms with Crippen LogP contribution in [0.5, 0.6) is 0 Å². The fourth-order valence-corrected chi connectivity index (χ4v) is 4.09. The second-order valence-electron chi connectivity index (χ2n) is 6.19. The number of carbonyl (C=O) groups excluding carboxylic acids is 2. The van der Waals surface area contributed by atoms with E-state index in [2.05, 4.69) is 5.32 Å². The van der Waals surface area contributed by atoms with Crippen LogP contribution >= 0.6 is 11.8 Å². The molecule has 0 spiro atoms. The molecule has 0 aromatic heterocycles. The highest BCUT2D eigenvalue weighted by Gasteiger charge is 2.33. The minimum atomic E-state index is -0.0327. The largest absolute Gasteiger partial charge is 0.326 e. The number of carbonyl (C=O) groups is 2. The number of hydrogen-bond donors (Lipinski definition) is 1. The molecule has 2 aromatic carbocycles. The molecule has 25 heavy (non-hydrogen) atoms. The highest BCUT2D eigenvalue weighted by molar-refractivity contribution is 8.00. The van der Waals surface area contributed by atoms with Crippen molar-refractivity contribution >= 4 is 35.0 Å². The Morgan fingerprint density at radius 2 is 2.00 bits per heavy atom. The van der Waals surface area contributed by atoms with Gasteiger partial charge in [0.05, 0.1) is 5.75 Å². The fraction of sp³-hybridized carbons (Fsp3) is 0.300. The van der Waals surface area contributed by atoms with Gasteiger partial charge in [-0.25, -0.2) is 0 Å². The van der Waals surface area contributed by atoms with E-state index in [1.54, 1.807) is 11.8 Å². The van der Waals surface area contributed by atoms with E-state index in [1.807, 2.05) is 67.3 Å². The molecule has 5 heteroatoms. The predicted octanol–water partition coefficient (Wildman–Crippen LogP) is 4.51. The van der Waals surface area contributed by atoms with Crippen LogP contribution in [-0.2, 0) is 9.59 Å². The minimum absolute atomic E-state index is 0.0297. The van der Waals surface area contributed by atoms with Crippen molar-refractivity contribution in [2.75, 3.05) is 16.0 Å².